The zero-order chi connectivity index (χ0) is 81.4. The monoisotopic (exact) mass is 1620 g/mol. The van der Waals surface area contributed by atoms with Gasteiger partial charge in [0.05, 0.1) is 13.7 Å². The molecule has 8 N–H and O–H groups in total. The summed E-state index contributed by atoms with van der Waals surface area (Å²) in [7, 11) is 1.47. The second-order valence-corrected chi connectivity index (χ2v) is 29.9. The summed E-state index contributed by atoms with van der Waals surface area (Å²) >= 11 is 0. The highest BCUT2D eigenvalue weighted by Gasteiger charge is 2.67. The number of carbonyl (C=O) groups excluding carboxylic acids is 5. The Morgan fingerprint density at radius 2 is 0.810 bits per heavy atom. The zero-order valence-electron chi connectivity index (χ0n) is 63.9. The molecule has 116 heavy (non-hydrogen) atoms. The molecule has 0 radical (unpaired) electrons. The van der Waals surface area contributed by atoms with E-state index in [4.69, 9.17) is 90.0 Å². The minimum Gasteiger partial charge on any atom is -0.504 e. The van der Waals surface area contributed by atoms with E-state index >= 15 is 0 Å². The van der Waals surface area contributed by atoms with Gasteiger partial charge in [0.25, 0.3) is 0 Å². The average molecular weight is 1620 g/mol. The van der Waals surface area contributed by atoms with E-state index in [-0.39, 0.29) is 12.4 Å². The van der Waals surface area contributed by atoms with Crippen molar-refractivity contribution in [1.29, 1.82) is 0 Å². The average Bonchev–Trinajstić information content (AvgIpc) is 1.56. The fraction of sp³-hybridized carbons (Fsp3) is 0.536. The number of ether oxygens (including phenoxy) is 19. The molecule has 13 aliphatic heterocycles. The molecule has 27 unspecified atom stereocenters. The minimum atomic E-state index is -1.36. The number of aliphatic hydroxyl groups is 7. The largest absolute Gasteiger partial charge is 0.504 e. The first-order valence-corrected chi connectivity index (χ1v) is 39.4. The van der Waals surface area contributed by atoms with Crippen molar-refractivity contribution in [2.75, 3.05) is 20.3 Å². The van der Waals surface area contributed by atoms with E-state index < -0.39 is 201 Å². The van der Waals surface area contributed by atoms with Crippen LogP contribution in [0.5, 0.6) is 11.5 Å². The van der Waals surface area contributed by atoms with Gasteiger partial charge in [-0.05, 0) is 42.7 Å². The van der Waals surface area contributed by atoms with Crippen molar-refractivity contribution in [2.24, 2.45) is 0 Å². The lowest BCUT2D eigenvalue weighted by Crippen LogP contribution is -2.37. The van der Waals surface area contributed by atoms with Crippen LogP contribution in [0.4, 0.5) is 0 Å². The molecular weight excluding hydrogens is 1520 g/mol. The van der Waals surface area contributed by atoms with Crippen molar-refractivity contribution in [3.63, 3.8) is 0 Å². The van der Waals surface area contributed by atoms with Gasteiger partial charge in [-0.15, -0.1) is 0 Å². The van der Waals surface area contributed by atoms with Gasteiger partial charge in [-0.25, -0.2) is 24.0 Å². The number of unbranched alkanes of at least 4 members (excludes halogenated alkanes) is 11. The Morgan fingerprint density at radius 1 is 0.388 bits per heavy atom. The highest BCUT2D eigenvalue weighted by atomic mass is 16.9. The van der Waals surface area contributed by atoms with Crippen LogP contribution in [0, 0.1) is 0 Å². The Morgan fingerprint density at radius 3 is 1.30 bits per heavy atom. The van der Waals surface area contributed by atoms with Gasteiger partial charge in [0.15, 0.2) is 134 Å². The van der Waals surface area contributed by atoms with Gasteiger partial charge in [-0.1, -0.05) is 223 Å². The van der Waals surface area contributed by atoms with Crippen LogP contribution >= 0.6 is 0 Å². The van der Waals surface area contributed by atoms with Crippen LogP contribution in [0.1, 0.15) is 119 Å². The Hall–Kier alpha value is -8.27. The number of rotatable bonds is 24. The molecule has 0 aliphatic carbocycles. The summed E-state index contributed by atoms with van der Waals surface area (Å²) in [6.45, 7) is 4.79. The van der Waals surface area contributed by atoms with Gasteiger partial charge in [0.1, 0.15) is 42.7 Å². The summed E-state index contributed by atoms with van der Waals surface area (Å²) in [5, 5.41) is 77.9. The van der Waals surface area contributed by atoms with Crippen molar-refractivity contribution in [2.45, 2.75) is 262 Å². The van der Waals surface area contributed by atoms with Crippen LogP contribution in [0.25, 0.3) is 12.2 Å². The molecule has 0 saturated carbocycles. The number of aromatic hydroxyl groups is 1. The van der Waals surface area contributed by atoms with Crippen molar-refractivity contribution < 1.29 is 155 Å². The smallest absolute Gasteiger partial charge is 0.338 e. The number of methoxy groups -OCH3 is 1. The van der Waals surface area contributed by atoms with Crippen LogP contribution in [0.15, 0.2) is 152 Å². The first kappa shape index (κ1) is 84.2. The normalized spacial score (nSPS) is 36.5. The number of phenolic OH excluding ortho intramolecular Hbond substituents is 1. The predicted octanol–water partition coefficient (Wildman–Crippen LogP) is 4.93. The minimum absolute atomic E-state index is 0.0543. The molecule has 5 aromatic carbocycles. The summed E-state index contributed by atoms with van der Waals surface area (Å²) < 4.78 is 104. The summed E-state index contributed by atoms with van der Waals surface area (Å²) in [5.41, 5.74) is 4.33. The summed E-state index contributed by atoms with van der Waals surface area (Å²) in [6, 6.07) is 43.2. The predicted molar refractivity (Wildman–Crippen MR) is 396 cm³/mol. The van der Waals surface area contributed by atoms with E-state index in [0.717, 1.165) is 40.7 Å². The molecule has 27 atom stereocenters. The van der Waals surface area contributed by atoms with Crippen LogP contribution in [-0.4, -0.2) is 251 Å². The zero-order valence-corrected chi connectivity index (χ0v) is 63.9. The molecule has 0 amide bonds. The van der Waals surface area contributed by atoms with E-state index in [1.54, 1.807) is 37.3 Å². The van der Waals surface area contributed by atoms with Gasteiger partial charge >= 0.3 is 29.8 Å². The molecule has 18 rings (SSSR count). The van der Waals surface area contributed by atoms with Gasteiger partial charge < -0.3 is 131 Å². The number of aliphatic hydroxyl groups excluding tert-OH is 7. The highest BCUT2D eigenvalue weighted by molar-refractivity contribution is 5.80. The van der Waals surface area contributed by atoms with Crippen molar-refractivity contribution >= 4 is 42.0 Å². The van der Waals surface area contributed by atoms with E-state index in [2.05, 4.69) is 6.92 Å². The Balaban J connectivity index is 0.000000120. The van der Waals surface area contributed by atoms with Gasteiger partial charge in [0.2, 0.25) is 5.79 Å². The number of esters is 5. The molecule has 32 nitrogen and oxygen atoms in total. The lowest BCUT2D eigenvalue weighted by atomic mass is 9.97. The lowest BCUT2D eigenvalue weighted by Gasteiger charge is -2.30. The molecule has 13 fully saturated rings. The molecule has 32 heteroatoms. The maximum atomic E-state index is 11.6. The highest BCUT2D eigenvalue weighted by Crippen LogP contribution is 2.51. The molecule has 0 bridgehead atoms. The van der Waals surface area contributed by atoms with Crippen LogP contribution in [0.2, 0.25) is 0 Å². The quantitative estimate of drug-likeness (QED) is 0.0230. The molecule has 0 spiro atoms. The third-order valence-electron chi connectivity index (χ3n) is 22.0. The SMILES string of the molecule is CC1(c2ccccc2)OC2OC3C(O)C(=O)OC3C2O1.CCCCCCCCCCCCCCOC1OC2C(O)C(=O)OC2C1O.COc1cc(/C=C/C2OC3OC4C(O)C(=O)OC4C3O2)ccc1O.O=C1OC2C(O)C(OC/C=C/c3ccccc3)OC2C1O.O=C1OC2C3OC(c4ccccc4)(c4ccccc4)OC3OC2C1O. The third kappa shape index (κ3) is 18.3. The Kier molecular flexibility index (Phi) is 27.4. The van der Waals surface area contributed by atoms with E-state index in [9.17, 15) is 64.8 Å². The number of benzene rings is 5. The summed E-state index contributed by atoms with van der Waals surface area (Å²) in [5.74, 6) is -5.25. The molecular formula is C84H98O32. The van der Waals surface area contributed by atoms with E-state index in [1.165, 1.54) is 77.4 Å². The van der Waals surface area contributed by atoms with Gasteiger partial charge in [-0.3, -0.25) is 0 Å². The van der Waals surface area contributed by atoms with E-state index in [1.807, 2.05) is 127 Å². The third-order valence-corrected chi connectivity index (χ3v) is 22.0. The van der Waals surface area contributed by atoms with Gasteiger partial charge in [-0.2, -0.15) is 0 Å². The second kappa shape index (κ2) is 37.8. The number of carbonyl (C=O) groups is 5. The fourth-order valence-corrected chi connectivity index (χ4v) is 15.8. The lowest BCUT2D eigenvalue weighted by molar-refractivity contribution is -0.231. The molecule has 626 valence electrons. The van der Waals surface area contributed by atoms with Crippen LogP contribution in [0.3, 0.4) is 0 Å². The second-order valence-electron chi connectivity index (χ2n) is 29.9. The molecule has 13 aliphatic rings. The Bertz CT molecular complexity index is 4120. The Labute approximate surface area is 667 Å². The first-order valence-electron chi connectivity index (χ1n) is 39.4. The van der Waals surface area contributed by atoms with Crippen molar-refractivity contribution in [3.05, 3.63) is 179 Å². The molecule has 13 saturated heterocycles. The van der Waals surface area contributed by atoms with Crippen LogP contribution in [-0.2, 0) is 121 Å². The number of hydrogen-bond donors (Lipinski definition) is 8. The van der Waals surface area contributed by atoms with Crippen molar-refractivity contribution in [1.82, 2.24) is 0 Å². The fourth-order valence-electron chi connectivity index (χ4n) is 15.8. The number of fused-ring (bicyclic) bond motifs is 11. The number of phenols is 1. The molecule has 0 aromatic heterocycles. The number of hydrogen-bond acceptors (Lipinski definition) is 32. The molecule has 13 heterocycles. The van der Waals surface area contributed by atoms with E-state index in [0.29, 0.717) is 12.4 Å². The topological polar surface area (TPSA) is 423 Å². The first-order chi connectivity index (χ1) is 56.1. The van der Waals surface area contributed by atoms with Crippen molar-refractivity contribution in [3.8, 4) is 11.5 Å². The molecule has 5 aromatic rings. The summed E-state index contributed by atoms with van der Waals surface area (Å²) in [4.78, 5) is 56.7. The maximum absolute atomic E-state index is 11.6. The summed E-state index contributed by atoms with van der Waals surface area (Å²) in [6.07, 6.45) is 0.0854. The van der Waals surface area contributed by atoms with Crippen LogP contribution < -0.4 is 4.74 Å². The maximum Gasteiger partial charge on any atom is 0.338 e. The standard InChI is InChI=1S/C20H36O6.C19H16O6.C16H16O8.C15H16O6.C14H14O6/c1-2-3-4-5-6-7-8-9-10-11-12-13-14-24-20-16(22)18-17(26-20)15(21)19(23)25-18;20-13-14-15(22-17(13)21)16-18(23-14)25-19(24-16,11-7-3-1-4-8-11)12-9-5-2-6-10-12;1-20-9-6-7(2-4-8(9)17)3-5-10-21-14-13-12(24-16(14)22-10)11(18)15(19)23-13;16-10-12-13(20-14(10)18)11(17)15(21-12)19-8-4-7-9-5-2-1-3-6-9;1-14(7-5-3-2-4-6-7)19-11-10-9(18-13(11)20-14)8(15)12(16)17-10/h15-18,20-22H,2-14H2,1H3;1-10,13-16,18,20H;2-6,10-14,16-18H,1H3;1-7,10-13,15-17H,8H2;2-6,8-11,13,15H,1H3/b;;5-3+;7-4+;. The van der Waals surface area contributed by atoms with Gasteiger partial charge in [0, 0.05) is 23.3 Å².